The predicted octanol–water partition coefficient (Wildman–Crippen LogP) is 4.86. The number of ether oxygens (including phenoxy) is 1. The summed E-state index contributed by atoms with van der Waals surface area (Å²) < 4.78 is 43.4. The van der Waals surface area contributed by atoms with Gasteiger partial charge in [0.15, 0.2) is 0 Å². The van der Waals surface area contributed by atoms with Crippen LogP contribution in [0, 0.1) is 6.92 Å². The molecule has 0 radical (unpaired) electrons. The van der Waals surface area contributed by atoms with Gasteiger partial charge in [-0.2, -0.15) is 13.2 Å². The maximum atomic E-state index is 12.7. The fourth-order valence-electron chi connectivity index (χ4n) is 1.52. The zero-order valence-electron chi connectivity index (χ0n) is 10.8. The first-order valence-corrected chi connectivity index (χ1v) is 5.46. The minimum Gasteiger partial charge on any atom is -0.454 e. The van der Waals surface area contributed by atoms with Crippen molar-refractivity contribution >= 4 is 0 Å². The Morgan fingerprint density at radius 2 is 1.78 bits per heavy atom. The van der Waals surface area contributed by atoms with Crippen molar-refractivity contribution in [3.63, 3.8) is 0 Å². The van der Waals surface area contributed by atoms with Gasteiger partial charge in [-0.15, -0.1) is 0 Å². The third-order valence-electron chi connectivity index (χ3n) is 2.21. The Labute approximate surface area is 105 Å². The van der Waals surface area contributed by atoms with Crippen LogP contribution >= 0.6 is 0 Å². The van der Waals surface area contributed by atoms with Crippen LogP contribution in [-0.2, 0) is 6.18 Å². The molecule has 0 aliphatic heterocycles. The lowest BCUT2D eigenvalue weighted by Crippen LogP contribution is -2.07. The monoisotopic (exact) mass is 256 g/mol. The van der Waals surface area contributed by atoms with Crippen LogP contribution in [0.3, 0.4) is 0 Å². The van der Waals surface area contributed by atoms with Crippen LogP contribution in [0.1, 0.15) is 31.9 Å². The topological polar surface area (TPSA) is 9.23 Å². The van der Waals surface area contributed by atoms with E-state index >= 15 is 0 Å². The summed E-state index contributed by atoms with van der Waals surface area (Å²) in [5, 5.41) is 0. The molecule has 18 heavy (non-hydrogen) atoms. The molecule has 98 valence electrons. The summed E-state index contributed by atoms with van der Waals surface area (Å²) in [6, 6.07) is 3.92. The van der Waals surface area contributed by atoms with Crippen molar-refractivity contribution < 1.29 is 17.9 Å². The van der Waals surface area contributed by atoms with Crippen molar-refractivity contribution in [2.24, 2.45) is 0 Å². The van der Waals surface area contributed by atoms with E-state index in [1.807, 2.05) is 13.8 Å². The summed E-state index contributed by atoms with van der Waals surface area (Å²) in [4.78, 5) is 0. The molecule has 0 unspecified atom stereocenters. The Balaban J connectivity index is 3.11. The lowest BCUT2D eigenvalue weighted by molar-refractivity contribution is -0.138. The van der Waals surface area contributed by atoms with Crippen molar-refractivity contribution in [3.8, 4) is 5.75 Å². The summed E-state index contributed by atoms with van der Waals surface area (Å²) in [5.41, 5.74) is 3.30. The van der Waals surface area contributed by atoms with Crippen LogP contribution in [0.4, 0.5) is 13.2 Å². The molecule has 0 fully saturated rings. The van der Waals surface area contributed by atoms with Gasteiger partial charge in [-0.05, 0) is 44.0 Å². The van der Waals surface area contributed by atoms with Gasteiger partial charge in [-0.1, -0.05) is 11.8 Å². The quantitative estimate of drug-likeness (QED) is 0.542. The lowest BCUT2D eigenvalue weighted by atomic mass is 10.1. The summed E-state index contributed by atoms with van der Waals surface area (Å²) in [6.45, 7) is 6.75. The number of hydrogen-bond donors (Lipinski definition) is 0. The highest BCUT2D eigenvalue weighted by molar-refractivity contribution is 5.37. The summed E-state index contributed by atoms with van der Waals surface area (Å²) in [6.07, 6.45) is -4.36. The summed E-state index contributed by atoms with van der Waals surface area (Å²) >= 11 is 0. The third kappa shape index (κ3) is 3.97. The Morgan fingerprint density at radius 3 is 2.28 bits per heavy atom. The summed E-state index contributed by atoms with van der Waals surface area (Å²) in [5.74, 6) is 0.603. The predicted molar refractivity (Wildman–Crippen MR) is 64.4 cm³/mol. The zero-order valence-corrected chi connectivity index (χ0v) is 10.8. The molecule has 1 aromatic rings. The number of hydrogen-bond acceptors (Lipinski definition) is 1. The summed E-state index contributed by atoms with van der Waals surface area (Å²) in [7, 11) is 0. The van der Waals surface area contributed by atoms with E-state index in [1.54, 1.807) is 6.92 Å². The highest BCUT2D eigenvalue weighted by Gasteiger charge is 2.32. The average Bonchev–Trinajstić information content (AvgIpc) is 2.17. The van der Waals surface area contributed by atoms with Gasteiger partial charge in [0.25, 0.3) is 0 Å². The van der Waals surface area contributed by atoms with E-state index in [1.165, 1.54) is 19.1 Å². The average molecular weight is 256 g/mol. The molecule has 0 saturated carbocycles. The first-order chi connectivity index (χ1) is 8.20. The van der Waals surface area contributed by atoms with Gasteiger partial charge in [-0.3, -0.25) is 0 Å². The molecule has 0 aromatic heterocycles. The lowest BCUT2D eigenvalue weighted by Gasteiger charge is -2.12. The van der Waals surface area contributed by atoms with Crippen LogP contribution in [0.5, 0.6) is 5.75 Å². The molecule has 0 atom stereocenters. The van der Waals surface area contributed by atoms with Crippen molar-refractivity contribution in [2.75, 3.05) is 0 Å². The van der Waals surface area contributed by atoms with Crippen LogP contribution in [0.2, 0.25) is 0 Å². The highest BCUT2D eigenvalue weighted by Crippen LogP contribution is 2.34. The largest absolute Gasteiger partial charge is 0.454 e. The fraction of sp³-hybridized carbons (Fsp3) is 0.357. The van der Waals surface area contributed by atoms with Crippen molar-refractivity contribution in [2.45, 2.75) is 33.9 Å². The maximum absolute atomic E-state index is 12.7. The van der Waals surface area contributed by atoms with E-state index in [9.17, 15) is 13.2 Å². The van der Waals surface area contributed by atoms with Gasteiger partial charge in [-0.25, -0.2) is 0 Å². The smallest absolute Gasteiger partial charge is 0.416 e. The minimum atomic E-state index is -4.36. The molecule has 0 heterocycles. The zero-order chi connectivity index (χ0) is 13.9. The number of alkyl halides is 3. The SMILES string of the molecule is CC(C)=C=C(C)Oc1ccc(C)c(C(F)(F)F)c1. The van der Waals surface area contributed by atoms with E-state index in [0.717, 1.165) is 11.6 Å². The molecule has 0 bridgehead atoms. The normalized spacial score (nSPS) is 10.8. The molecular formula is C14H15F3O. The highest BCUT2D eigenvalue weighted by atomic mass is 19.4. The van der Waals surface area contributed by atoms with E-state index in [4.69, 9.17) is 4.74 Å². The first-order valence-electron chi connectivity index (χ1n) is 5.46. The molecule has 4 heteroatoms. The number of aryl methyl sites for hydroxylation is 1. The van der Waals surface area contributed by atoms with Crippen molar-refractivity contribution in [1.29, 1.82) is 0 Å². The van der Waals surface area contributed by atoms with Crippen LogP contribution in [0.15, 0.2) is 35.3 Å². The van der Waals surface area contributed by atoms with Gasteiger partial charge in [0.05, 0.1) is 5.56 Å². The number of rotatable bonds is 2. The second kappa shape index (κ2) is 5.32. The van der Waals surface area contributed by atoms with Gasteiger partial charge < -0.3 is 4.74 Å². The fourth-order valence-corrected chi connectivity index (χ4v) is 1.52. The van der Waals surface area contributed by atoms with Crippen molar-refractivity contribution in [1.82, 2.24) is 0 Å². The molecule has 0 aliphatic carbocycles. The van der Waals surface area contributed by atoms with E-state index in [0.29, 0.717) is 5.76 Å². The Hall–Kier alpha value is -1.67. The van der Waals surface area contributed by atoms with Crippen LogP contribution < -0.4 is 4.74 Å². The molecular weight excluding hydrogens is 241 g/mol. The van der Waals surface area contributed by atoms with Crippen LogP contribution in [0.25, 0.3) is 0 Å². The number of allylic oxidation sites excluding steroid dienone is 1. The Bertz CT molecular complexity index is 502. The van der Waals surface area contributed by atoms with Crippen molar-refractivity contribution in [3.05, 3.63) is 46.4 Å². The number of benzene rings is 1. The van der Waals surface area contributed by atoms with E-state index in [2.05, 4.69) is 5.73 Å². The molecule has 1 nitrogen and oxygen atoms in total. The first kappa shape index (κ1) is 14.4. The second-order valence-corrected chi connectivity index (χ2v) is 4.26. The van der Waals surface area contributed by atoms with Gasteiger partial charge in [0, 0.05) is 6.92 Å². The molecule has 1 rings (SSSR count). The molecule has 0 amide bonds. The van der Waals surface area contributed by atoms with Crippen LogP contribution in [-0.4, -0.2) is 0 Å². The molecule has 1 aromatic carbocycles. The molecule has 0 aliphatic rings. The molecule has 0 spiro atoms. The maximum Gasteiger partial charge on any atom is 0.416 e. The van der Waals surface area contributed by atoms with E-state index < -0.39 is 11.7 Å². The third-order valence-corrected chi connectivity index (χ3v) is 2.21. The standard InChI is InChI=1S/C14H15F3O/c1-9(2)7-11(4)18-12-6-5-10(3)13(8-12)14(15,16)17/h5-6,8H,1-4H3. The Kier molecular flexibility index (Phi) is 4.25. The Morgan fingerprint density at radius 1 is 1.17 bits per heavy atom. The number of halogens is 3. The minimum absolute atomic E-state index is 0.166. The van der Waals surface area contributed by atoms with Gasteiger partial charge in [0.1, 0.15) is 11.5 Å². The van der Waals surface area contributed by atoms with Gasteiger partial charge in [0.2, 0.25) is 0 Å². The molecule has 0 saturated heterocycles. The second-order valence-electron chi connectivity index (χ2n) is 4.26. The molecule has 0 N–H and O–H groups in total. The van der Waals surface area contributed by atoms with Gasteiger partial charge >= 0.3 is 6.18 Å². The van der Waals surface area contributed by atoms with E-state index in [-0.39, 0.29) is 11.3 Å².